The predicted octanol–water partition coefficient (Wildman–Crippen LogP) is 2.21. The van der Waals surface area contributed by atoms with Gasteiger partial charge in [0.2, 0.25) is 6.79 Å². The smallest absolute Gasteiger partial charge is 0.306 e. The van der Waals surface area contributed by atoms with Gasteiger partial charge in [0.1, 0.15) is 5.75 Å². The highest BCUT2D eigenvalue weighted by Crippen LogP contribution is 2.43. The second kappa shape index (κ2) is 5.93. The Bertz CT molecular complexity index is 686. The van der Waals surface area contributed by atoms with Crippen LogP contribution in [0.4, 0.5) is 0 Å². The average molecular weight is 301 g/mol. The van der Waals surface area contributed by atoms with Crippen molar-refractivity contribution >= 4 is 5.97 Å². The largest absolute Gasteiger partial charge is 0.508 e. The van der Waals surface area contributed by atoms with Gasteiger partial charge in [-0.15, -0.1) is 0 Å². The predicted molar refractivity (Wildman–Crippen MR) is 76.9 cm³/mol. The lowest BCUT2D eigenvalue weighted by Crippen LogP contribution is -2.10. The Morgan fingerprint density at radius 1 is 1.32 bits per heavy atom. The van der Waals surface area contributed by atoms with E-state index in [1.807, 2.05) is 0 Å². The van der Waals surface area contributed by atoms with Gasteiger partial charge in [0.25, 0.3) is 0 Å². The molecule has 0 amide bonds. The molecule has 3 rings (SSSR count). The van der Waals surface area contributed by atoms with Gasteiger partial charge in [-0.1, -0.05) is 0 Å². The molecule has 114 valence electrons. The van der Waals surface area contributed by atoms with E-state index < -0.39 is 0 Å². The van der Waals surface area contributed by atoms with Gasteiger partial charge in [-0.25, -0.2) is 0 Å². The molecule has 0 spiro atoms. The van der Waals surface area contributed by atoms with E-state index in [9.17, 15) is 9.90 Å². The zero-order chi connectivity index (χ0) is 15.5. The highest BCUT2D eigenvalue weighted by Gasteiger charge is 2.25. The molecular formula is C16H15NO5. The van der Waals surface area contributed by atoms with Crippen molar-refractivity contribution in [2.45, 2.75) is 12.3 Å². The monoisotopic (exact) mass is 301 g/mol. The first kappa shape index (κ1) is 14.2. The third-order valence-electron chi connectivity index (χ3n) is 3.60. The molecule has 1 aliphatic heterocycles. The number of carbonyl (C=O) groups is 1. The number of fused-ring (bicyclic) bond motifs is 1. The maximum absolute atomic E-state index is 11.7. The second-order valence-corrected chi connectivity index (χ2v) is 4.88. The number of nitrogens with zero attached hydrogens (tertiary/aromatic N) is 1. The van der Waals surface area contributed by atoms with Gasteiger partial charge in [0.15, 0.2) is 11.5 Å². The van der Waals surface area contributed by atoms with Crippen LogP contribution in [0.2, 0.25) is 0 Å². The number of pyridine rings is 1. The lowest BCUT2D eigenvalue weighted by atomic mass is 9.88. The molecule has 0 bridgehead atoms. The van der Waals surface area contributed by atoms with E-state index in [4.69, 9.17) is 14.2 Å². The van der Waals surface area contributed by atoms with Crippen molar-refractivity contribution < 1.29 is 24.1 Å². The zero-order valence-electron chi connectivity index (χ0n) is 12.0. The van der Waals surface area contributed by atoms with E-state index in [1.165, 1.54) is 13.2 Å². The maximum atomic E-state index is 11.7. The van der Waals surface area contributed by atoms with Crippen molar-refractivity contribution in [1.29, 1.82) is 0 Å². The van der Waals surface area contributed by atoms with Crippen LogP contribution in [-0.4, -0.2) is 30.0 Å². The van der Waals surface area contributed by atoms with Gasteiger partial charge in [-0.05, 0) is 23.8 Å². The summed E-state index contributed by atoms with van der Waals surface area (Å²) in [6.45, 7) is 0.120. The Hall–Kier alpha value is -2.76. The third-order valence-corrected chi connectivity index (χ3v) is 3.60. The third kappa shape index (κ3) is 2.67. The Balaban J connectivity index is 2.04. The van der Waals surface area contributed by atoms with Crippen molar-refractivity contribution in [3.63, 3.8) is 0 Å². The molecule has 0 unspecified atom stereocenters. The minimum Gasteiger partial charge on any atom is -0.508 e. The first-order valence-corrected chi connectivity index (χ1v) is 6.78. The summed E-state index contributed by atoms with van der Waals surface area (Å²) >= 11 is 0. The standard InChI is InChI=1S/C16H15NO5/c1-20-16(19)7-11(10-2-4-17-5-3-10)12-6-14-15(8-13(12)18)22-9-21-14/h2-6,8,11,18H,7,9H2,1H3/t11-/m0/s1. The van der Waals surface area contributed by atoms with Crippen molar-refractivity contribution in [3.8, 4) is 17.2 Å². The fourth-order valence-electron chi connectivity index (χ4n) is 2.48. The zero-order valence-corrected chi connectivity index (χ0v) is 12.0. The van der Waals surface area contributed by atoms with Crippen LogP contribution in [0.25, 0.3) is 0 Å². The van der Waals surface area contributed by atoms with E-state index in [1.54, 1.807) is 30.6 Å². The Labute approximate surface area is 127 Å². The number of hydrogen-bond acceptors (Lipinski definition) is 6. The Morgan fingerprint density at radius 3 is 2.68 bits per heavy atom. The first-order valence-electron chi connectivity index (χ1n) is 6.78. The van der Waals surface area contributed by atoms with Crippen LogP contribution in [0.5, 0.6) is 17.2 Å². The van der Waals surface area contributed by atoms with Gasteiger partial charge < -0.3 is 19.3 Å². The molecule has 6 heteroatoms. The van der Waals surface area contributed by atoms with Crippen molar-refractivity contribution in [1.82, 2.24) is 4.98 Å². The first-order chi connectivity index (χ1) is 10.7. The number of aromatic hydroxyl groups is 1. The number of hydrogen-bond donors (Lipinski definition) is 1. The number of methoxy groups -OCH3 is 1. The molecule has 0 fully saturated rings. The number of esters is 1. The summed E-state index contributed by atoms with van der Waals surface area (Å²) in [6, 6.07) is 6.81. The normalized spacial score (nSPS) is 13.7. The van der Waals surface area contributed by atoms with E-state index in [-0.39, 0.29) is 30.9 Å². The fraction of sp³-hybridized carbons (Fsp3) is 0.250. The van der Waals surface area contributed by atoms with E-state index in [0.29, 0.717) is 17.1 Å². The number of ether oxygens (including phenoxy) is 3. The van der Waals surface area contributed by atoms with Gasteiger partial charge in [0.05, 0.1) is 13.5 Å². The highest BCUT2D eigenvalue weighted by atomic mass is 16.7. The Morgan fingerprint density at radius 2 is 2.00 bits per heavy atom. The van der Waals surface area contributed by atoms with E-state index in [2.05, 4.69) is 4.98 Å². The topological polar surface area (TPSA) is 77.9 Å². The molecule has 1 aromatic carbocycles. The summed E-state index contributed by atoms with van der Waals surface area (Å²) in [6.07, 6.45) is 3.39. The van der Waals surface area contributed by atoms with Crippen molar-refractivity contribution in [3.05, 3.63) is 47.8 Å². The summed E-state index contributed by atoms with van der Waals surface area (Å²) in [5, 5.41) is 10.3. The summed E-state index contributed by atoms with van der Waals surface area (Å²) in [4.78, 5) is 15.7. The number of aromatic nitrogens is 1. The maximum Gasteiger partial charge on any atom is 0.306 e. The molecule has 6 nitrogen and oxygen atoms in total. The lowest BCUT2D eigenvalue weighted by Gasteiger charge is -2.18. The van der Waals surface area contributed by atoms with Crippen LogP contribution in [0, 0.1) is 0 Å². The number of rotatable bonds is 4. The molecule has 0 saturated heterocycles. The van der Waals surface area contributed by atoms with E-state index in [0.717, 1.165) is 5.56 Å². The SMILES string of the molecule is COC(=O)C[C@@H](c1ccncc1)c1cc2c(cc1O)OCO2. The minimum atomic E-state index is -0.362. The van der Waals surface area contributed by atoms with Crippen LogP contribution >= 0.6 is 0 Å². The van der Waals surface area contributed by atoms with Crippen LogP contribution in [0.1, 0.15) is 23.5 Å². The molecule has 1 aliphatic rings. The molecule has 1 atom stereocenters. The molecule has 1 N–H and O–H groups in total. The van der Waals surface area contributed by atoms with Crippen LogP contribution in [-0.2, 0) is 9.53 Å². The van der Waals surface area contributed by atoms with Gasteiger partial charge in [-0.3, -0.25) is 9.78 Å². The molecule has 1 aromatic heterocycles. The average Bonchev–Trinajstić information content (AvgIpc) is 2.99. The number of carbonyl (C=O) groups excluding carboxylic acids is 1. The number of phenols is 1. The summed E-state index contributed by atoms with van der Waals surface area (Å²) in [7, 11) is 1.34. The Kier molecular flexibility index (Phi) is 3.82. The molecule has 2 heterocycles. The lowest BCUT2D eigenvalue weighted by molar-refractivity contribution is -0.140. The molecule has 0 saturated carbocycles. The quantitative estimate of drug-likeness (QED) is 0.872. The van der Waals surface area contributed by atoms with Crippen LogP contribution < -0.4 is 9.47 Å². The van der Waals surface area contributed by atoms with Crippen LogP contribution in [0.15, 0.2) is 36.7 Å². The summed E-state index contributed by atoms with van der Waals surface area (Å²) in [5.74, 6) is 0.378. The van der Waals surface area contributed by atoms with Crippen LogP contribution in [0.3, 0.4) is 0 Å². The van der Waals surface area contributed by atoms with Gasteiger partial charge >= 0.3 is 5.97 Å². The molecule has 0 radical (unpaired) electrons. The summed E-state index contributed by atoms with van der Waals surface area (Å²) in [5.41, 5.74) is 1.44. The minimum absolute atomic E-state index is 0.0509. The van der Waals surface area contributed by atoms with E-state index >= 15 is 0 Å². The molecule has 0 aliphatic carbocycles. The molecule has 2 aromatic rings. The van der Waals surface area contributed by atoms with Gasteiger partial charge in [0, 0.05) is 29.9 Å². The van der Waals surface area contributed by atoms with Crippen molar-refractivity contribution in [2.24, 2.45) is 0 Å². The van der Waals surface area contributed by atoms with Crippen molar-refractivity contribution in [2.75, 3.05) is 13.9 Å². The van der Waals surface area contributed by atoms with Gasteiger partial charge in [-0.2, -0.15) is 0 Å². The second-order valence-electron chi connectivity index (χ2n) is 4.88. The summed E-state index contributed by atoms with van der Waals surface area (Å²) < 4.78 is 15.4. The molecule has 22 heavy (non-hydrogen) atoms. The fourth-order valence-corrected chi connectivity index (χ4v) is 2.48. The highest BCUT2D eigenvalue weighted by molar-refractivity contribution is 5.72. The number of phenolic OH excluding ortho intramolecular Hbond substituents is 1. The number of benzene rings is 1. The molecular weight excluding hydrogens is 286 g/mol.